The summed E-state index contributed by atoms with van der Waals surface area (Å²) in [4.78, 5) is 19.1. The van der Waals surface area contributed by atoms with E-state index in [1.54, 1.807) is 43.5 Å². The van der Waals surface area contributed by atoms with Crippen LogP contribution in [-0.4, -0.2) is 33.4 Å². The van der Waals surface area contributed by atoms with Crippen molar-refractivity contribution < 1.29 is 13.2 Å². The highest BCUT2D eigenvalue weighted by atomic mass is 32.2. The van der Waals surface area contributed by atoms with Crippen molar-refractivity contribution in [3.63, 3.8) is 0 Å². The standard InChI is InChI=1S/C23H26N4O3S/c1-16-10-11-17(2)21(13-16)31(29,30)26-20-9-5-7-18(14-20)23(28)25-15-19-8-6-12-24-22(19)27(3)4/h5-14,26H,15H2,1-4H3,(H,25,28). The number of rotatable bonds is 7. The van der Waals surface area contributed by atoms with Gasteiger partial charge in [0.25, 0.3) is 15.9 Å². The van der Waals surface area contributed by atoms with Crippen LogP contribution in [0.4, 0.5) is 11.5 Å². The van der Waals surface area contributed by atoms with Gasteiger partial charge >= 0.3 is 0 Å². The molecule has 0 aliphatic carbocycles. The molecule has 0 spiro atoms. The minimum absolute atomic E-state index is 0.218. The number of nitrogens with zero attached hydrogens (tertiary/aromatic N) is 2. The SMILES string of the molecule is Cc1ccc(C)c(S(=O)(=O)Nc2cccc(C(=O)NCc3cccnc3N(C)C)c2)c1. The van der Waals surface area contributed by atoms with Crippen molar-refractivity contribution in [3.05, 3.63) is 83.0 Å². The summed E-state index contributed by atoms with van der Waals surface area (Å²) in [5, 5.41) is 2.87. The monoisotopic (exact) mass is 438 g/mol. The molecule has 0 aliphatic heterocycles. The number of carbonyl (C=O) groups excluding carboxylic acids is 1. The normalized spacial score (nSPS) is 11.1. The molecule has 0 unspecified atom stereocenters. The van der Waals surface area contributed by atoms with Gasteiger partial charge in [0.2, 0.25) is 0 Å². The van der Waals surface area contributed by atoms with Crippen LogP contribution in [0.15, 0.2) is 65.7 Å². The van der Waals surface area contributed by atoms with E-state index in [-0.39, 0.29) is 10.8 Å². The van der Waals surface area contributed by atoms with Crippen molar-refractivity contribution in [2.75, 3.05) is 23.7 Å². The lowest BCUT2D eigenvalue weighted by Crippen LogP contribution is -2.24. The highest BCUT2D eigenvalue weighted by Gasteiger charge is 2.18. The number of amides is 1. The van der Waals surface area contributed by atoms with Crippen molar-refractivity contribution in [3.8, 4) is 0 Å². The molecule has 0 fully saturated rings. The van der Waals surface area contributed by atoms with Gasteiger partial charge in [-0.15, -0.1) is 0 Å². The fraction of sp³-hybridized carbons (Fsp3) is 0.217. The predicted molar refractivity (Wildman–Crippen MR) is 123 cm³/mol. The molecule has 162 valence electrons. The van der Waals surface area contributed by atoms with Crippen molar-refractivity contribution in [1.82, 2.24) is 10.3 Å². The quantitative estimate of drug-likeness (QED) is 0.589. The summed E-state index contributed by atoms with van der Waals surface area (Å²) in [6.07, 6.45) is 1.70. The van der Waals surface area contributed by atoms with Crippen LogP contribution in [0, 0.1) is 13.8 Å². The van der Waals surface area contributed by atoms with Gasteiger partial charge in [0.15, 0.2) is 0 Å². The zero-order chi connectivity index (χ0) is 22.6. The first-order valence-electron chi connectivity index (χ1n) is 9.77. The largest absolute Gasteiger partial charge is 0.362 e. The van der Waals surface area contributed by atoms with E-state index in [1.165, 1.54) is 6.07 Å². The molecule has 1 amide bonds. The van der Waals surface area contributed by atoms with Crippen molar-refractivity contribution >= 4 is 27.4 Å². The molecule has 3 aromatic rings. The summed E-state index contributed by atoms with van der Waals surface area (Å²) in [7, 11) is 0.00128. The summed E-state index contributed by atoms with van der Waals surface area (Å²) in [6.45, 7) is 3.89. The van der Waals surface area contributed by atoms with Gasteiger partial charge in [0.05, 0.1) is 4.90 Å². The van der Waals surface area contributed by atoms with Crippen LogP contribution in [0.25, 0.3) is 0 Å². The smallest absolute Gasteiger partial charge is 0.262 e. The van der Waals surface area contributed by atoms with Crippen LogP contribution in [-0.2, 0) is 16.6 Å². The maximum Gasteiger partial charge on any atom is 0.262 e. The molecule has 1 aromatic heterocycles. The Balaban J connectivity index is 1.76. The number of hydrogen-bond donors (Lipinski definition) is 2. The third kappa shape index (κ3) is 5.40. The molecule has 1 heterocycles. The fourth-order valence-electron chi connectivity index (χ4n) is 3.18. The van der Waals surface area contributed by atoms with Crippen LogP contribution >= 0.6 is 0 Å². The predicted octanol–water partition coefficient (Wildman–Crippen LogP) is 3.50. The van der Waals surface area contributed by atoms with Crippen molar-refractivity contribution in [1.29, 1.82) is 0 Å². The first kappa shape index (κ1) is 22.3. The van der Waals surface area contributed by atoms with E-state index >= 15 is 0 Å². The Kier molecular flexibility index (Phi) is 6.60. The van der Waals surface area contributed by atoms with E-state index in [2.05, 4.69) is 15.0 Å². The lowest BCUT2D eigenvalue weighted by molar-refractivity contribution is 0.0951. The second-order valence-corrected chi connectivity index (χ2v) is 9.17. The number of aromatic nitrogens is 1. The molecular formula is C23H26N4O3S. The summed E-state index contributed by atoms with van der Waals surface area (Å²) < 4.78 is 28.3. The maximum atomic E-state index is 12.8. The van der Waals surface area contributed by atoms with Crippen molar-refractivity contribution in [2.45, 2.75) is 25.3 Å². The first-order chi connectivity index (χ1) is 14.7. The maximum absolute atomic E-state index is 12.8. The highest BCUT2D eigenvalue weighted by molar-refractivity contribution is 7.92. The van der Waals surface area contributed by atoms with Crippen LogP contribution in [0.3, 0.4) is 0 Å². The Morgan fingerprint density at radius 1 is 1.03 bits per heavy atom. The van der Waals surface area contributed by atoms with Crippen LogP contribution < -0.4 is 14.9 Å². The molecule has 0 bridgehead atoms. The molecule has 2 aromatic carbocycles. The summed E-state index contributed by atoms with van der Waals surface area (Å²) in [5.74, 6) is 0.471. The number of sulfonamides is 1. The number of carbonyl (C=O) groups is 1. The number of aryl methyl sites for hydroxylation is 2. The van der Waals surface area contributed by atoms with E-state index in [0.717, 1.165) is 16.9 Å². The average molecular weight is 439 g/mol. The molecule has 0 saturated heterocycles. The van der Waals surface area contributed by atoms with Gasteiger partial charge in [-0.2, -0.15) is 0 Å². The fourth-order valence-corrected chi connectivity index (χ4v) is 4.56. The van der Waals surface area contributed by atoms with Crippen molar-refractivity contribution in [2.24, 2.45) is 0 Å². The molecule has 31 heavy (non-hydrogen) atoms. The Morgan fingerprint density at radius 2 is 1.81 bits per heavy atom. The lowest BCUT2D eigenvalue weighted by Gasteiger charge is -2.16. The third-order valence-electron chi connectivity index (χ3n) is 4.74. The number of hydrogen-bond acceptors (Lipinski definition) is 5. The number of anilines is 2. The Bertz CT molecular complexity index is 1210. The van der Waals surface area contributed by atoms with E-state index < -0.39 is 10.0 Å². The first-order valence-corrected chi connectivity index (χ1v) is 11.3. The summed E-state index contributed by atoms with van der Waals surface area (Å²) in [5.41, 5.74) is 3.07. The Hall–Kier alpha value is -3.39. The number of nitrogens with one attached hydrogen (secondary N) is 2. The van der Waals surface area contributed by atoms with Gasteiger partial charge < -0.3 is 10.2 Å². The van der Waals surface area contributed by atoms with Crippen LogP contribution in [0.2, 0.25) is 0 Å². The van der Waals surface area contributed by atoms with E-state index in [9.17, 15) is 13.2 Å². The van der Waals surface area contributed by atoms with Gasteiger partial charge in [0.1, 0.15) is 5.82 Å². The molecule has 0 aliphatic rings. The Labute approximate surface area is 183 Å². The zero-order valence-corrected chi connectivity index (χ0v) is 18.8. The van der Waals surface area contributed by atoms with Gasteiger partial charge in [-0.3, -0.25) is 9.52 Å². The van der Waals surface area contributed by atoms with Gasteiger partial charge in [-0.1, -0.05) is 24.3 Å². The van der Waals surface area contributed by atoms with E-state index in [0.29, 0.717) is 23.4 Å². The summed E-state index contributed by atoms with van der Waals surface area (Å²) >= 11 is 0. The van der Waals surface area contributed by atoms with E-state index in [1.807, 2.05) is 44.1 Å². The van der Waals surface area contributed by atoms with Gasteiger partial charge in [-0.25, -0.2) is 13.4 Å². The molecule has 8 heteroatoms. The molecule has 0 atom stereocenters. The molecule has 3 rings (SSSR count). The average Bonchev–Trinajstić information content (AvgIpc) is 2.73. The third-order valence-corrected chi connectivity index (χ3v) is 6.26. The second-order valence-electron chi connectivity index (χ2n) is 7.52. The minimum Gasteiger partial charge on any atom is -0.362 e. The number of benzene rings is 2. The summed E-state index contributed by atoms with van der Waals surface area (Å²) in [6, 6.07) is 15.4. The highest BCUT2D eigenvalue weighted by Crippen LogP contribution is 2.21. The van der Waals surface area contributed by atoms with Crippen LogP contribution in [0.1, 0.15) is 27.0 Å². The Morgan fingerprint density at radius 3 is 2.55 bits per heavy atom. The van der Waals surface area contributed by atoms with E-state index in [4.69, 9.17) is 0 Å². The zero-order valence-electron chi connectivity index (χ0n) is 18.0. The lowest BCUT2D eigenvalue weighted by atomic mass is 10.2. The second kappa shape index (κ2) is 9.18. The topological polar surface area (TPSA) is 91.4 Å². The van der Waals surface area contributed by atoms with Crippen LogP contribution in [0.5, 0.6) is 0 Å². The molecule has 0 saturated carbocycles. The van der Waals surface area contributed by atoms with Gasteiger partial charge in [-0.05, 0) is 55.3 Å². The molecule has 7 nitrogen and oxygen atoms in total. The molecule has 2 N–H and O–H groups in total. The molecular weight excluding hydrogens is 412 g/mol. The number of pyridine rings is 1. The molecule has 0 radical (unpaired) electrons. The van der Waals surface area contributed by atoms with Gasteiger partial charge in [0, 0.05) is 43.7 Å². The minimum atomic E-state index is -3.77.